The first-order valence-electron chi connectivity index (χ1n) is 7.64. The van der Waals surface area contributed by atoms with E-state index >= 15 is 0 Å². The van der Waals surface area contributed by atoms with Crippen molar-refractivity contribution in [3.05, 3.63) is 47.0 Å². The van der Waals surface area contributed by atoms with Crippen LogP contribution in [0.15, 0.2) is 41.3 Å². The highest BCUT2D eigenvalue weighted by molar-refractivity contribution is 7.98. The van der Waals surface area contributed by atoms with Gasteiger partial charge in [0.05, 0.1) is 0 Å². The number of ether oxygens (including phenoxy) is 1. The molecule has 3 rings (SSSR count). The molecule has 2 unspecified atom stereocenters. The molecule has 2 aromatic rings. The number of alkyl halides is 3. The number of thioether (sulfide) groups is 1. The highest BCUT2D eigenvalue weighted by atomic mass is 35.5. The summed E-state index contributed by atoms with van der Waals surface area (Å²) >= 11 is 7.59. The molecule has 0 aliphatic carbocycles. The summed E-state index contributed by atoms with van der Waals surface area (Å²) in [6.45, 7) is 0. The van der Waals surface area contributed by atoms with E-state index in [9.17, 15) is 23.1 Å². The first kappa shape index (κ1) is 18.9. The van der Waals surface area contributed by atoms with Gasteiger partial charge in [0.1, 0.15) is 11.7 Å². The number of carbonyl (C=O) groups is 1. The summed E-state index contributed by atoms with van der Waals surface area (Å²) in [5.41, 5.74) is 1.47. The average Bonchev–Trinajstić information content (AvgIpc) is 2.58. The molecule has 26 heavy (non-hydrogen) atoms. The number of hydrogen-bond acceptors (Lipinski definition) is 3. The third-order valence-corrected chi connectivity index (χ3v) is 5.23. The molecule has 0 aromatic heterocycles. The van der Waals surface area contributed by atoms with Gasteiger partial charge in [-0.15, -0.1) is 11.8 Å². The monoisotopic (exact) mass is 402 g/mol. The Morgan fingerprint density at radius 2 is 1.96 bits per heavy atom. The lowest BCUT2D eigenvalue weighted by Crippen LogP contribution is -2.47. The van der Waals surface area contributed by atoms with Crippen molar-refractivity contribution in [2.24, 2.45) is 5.92 Å². The van der Waals surface area contributed by atoms with Crippen molar-refractivity contribution < 1.29 is 27.8 Å². The standard InChI is InChI=1S/C18H14ClF3O3S/c1-26-14-5-3-2-4-11(14)12-8-10(19)6-9-7-13(17(23)24)16(18(20,21)22)25-15(9)12/h2-6,8,13,16H,7H2,1H3,(H,23,24). The number of hydrogen-bond donors (Lipinski definition) is 1. The SMILES string of the molecule is CSc1ccccc1-c1cc(Cl)cc2c1OC(C(F)(F)F)C(C(=O)O)C2. The smallest absolute Gasteiger partial charge is 0.426 e. The Labute approximate surface area is 157 Å². The lowest BCUT2D eigenvalue weighted by Gasteiger charge is -2.34. The number of aliphatic carboxylic acids is 1. The van der Waals surface area contributed by atoms with Crippen LogP contribution in [0.3, 0.4) is 0 Å². The topological polar surface area (TPSA) is 46.5 Å². The Morgan fingerprint density at radius 3 is 2.58 bits per heavy atom. The van der Waals surface area contributed by atoms with Gasteiger partial charge in [-0.3, -0.25) is 4.79 Å². The number of fused-ring (bicyclic) bond motifs is 1. The molecule has 0 spiro atoms. The lowest BCUT2D eigenvalue weighted by molar-refractivity contribution is -0.217. The molecule has 8 heteroatoms. The minimum atomic E-state index is -4.79. The quantitative estimate of drug-likeness (QED) is 0.708. The van der Waals surface area contributed by atoms with Crippen LogP contribution in [0.1, 0.15) is 5.56 Å². The summed E-state index contributed by atoms with van der Waals surface area (Å²) in [7, 11) is 0. The third kappa shape index (κ3) is 3.50. The Balaban J connectivity index is 2.19. The molecule has 0 bridgehead atoms. The maximum absolute atomic E-state index is 13.4. The minimum Gasteiger partial charge on any atom is -0.481 e. The minimum absolute atomic E-state index is 0.0377. The van der Waals surface area contributed by atoms with Crippen LogP contribution in [0, 0.1) is 5.92 Å². The molecular formula is C18H14ClF3O3S. The van der Waals surface area contributed by atoms with Crippen LogP contribution in [-0.4, -0.2) is 29.6 Å². The zero-order valence-corrected chi connectivity index (χ0v) is 15.1. The van der Waals surface area contributed by atoms with E-state index in [1.807, 2.05) is 18.4 Å². The van der Waals surface area contributed by atoms with Gasteiger partial charge in [-0.2, -0.15) is 13.2 Å². The van der Waals surface area contributed by atoms with Crippen LogP contribution >= 0.6 is 23.4 Å². The predicted octanol–water partition coefficient (Wildman–Crippen LogP) is 5.30. The Bertz CT molecular complexity index is 854. The fraction of sp³-hybridized carbons (Fsp3) is 0.278. The molecule has 2 atom stereocenters. The second-order valence-corrected chi connectivity index (χ2v) is 7.16. The molecule has 1 N–H and O–H groups in total. The molecule has 0 saturated carbocycles. The molecular weight excluding hydrogens is 389 g/mol. The highest BCUT2D eigenvalue weighted by Gasteiger charge is 2.52. The number of halogens is 4. The molecule has 2 aromatic carbocycles. The normalized spacial score (nSPS) is 19.6. The lowest BCUT2D eigenvalue weighted by atomic mass is 9.88. The Kier molecular flexibility index (Phi) is 5.12. The molecule has 0 amide bonds. The molecule has 3 nitrogen and oxygen atoms in total. The van der Waals surface area contributed by atoms with E-state index in [0.29, 0.717) is 21.7 Å². The second-order valence-electron chi connectivity index (χ2n) is 5.87. The summed E-state index contributed by atoms with van der Waals surface area (Å²) in [5.74, 6) is -3.23. The van der Waals surface area contributed by atoms with Crippen molar-refractivity contribution in [1.29, 1.82) is 0 Å². The van der Waals surface area contributed by atoms with E-state index in [2.05, 4.69) is 0 Å². The first-order valence-corrected chi connectivity index (χ1v) is 9.24. The zero-order chi connectivity index (χ0) is 19.1. The number of carboxylic acids is 1. The van der Waals surface area contributed by atoms with Gasteiger partial charge in [-0.25, -0.2) is 0 Å². The van der Waals surface area contributed by atoms with Crippen molar-refractivity contribution in [2.45, 2.75) is 23.6 Å². The number of rotatable bonds is 3. The van der Waals surface area contributed by atoms with E-state index in [-0.39, 0.29) is 12.2 Å². The maximum Gasteiger partial charge on any atom is 0.426 e. The Hall–Kier alpha value is -1.86. The van der Waals surface area contributed by atoms with Gasteiger partial charge in [0.15, 0.2) is 0 Å². The van der Waals surface area contributed by atoms with Gasteiger partial charge in [-0.05, 0) is 42.0 Å². The van der Waals surface area contributed by atoms with Crippen LogP contribution in [0.2, 0.25) is 5.02 Å². The van der Waals surface area contributed by atoms with Crippen LogP contribution in [0.5, 0.6) is 5.75 Å². The summed E-state index contributed by atoms with van der Waals surface area (Å²) in [4.78, 5) is 12.2. The fourth-order valence-electron chi connectivity index (χ4n) is 3.07. The van der Waals surface area contributed by atoms with E-state index in [1.165, 1.54) is 17.8 Å². The maximum atomic E-state index is 13.4. The largest absolute Gasteiger partial charge is 0.481 e. The summed E-state index contributed by atoms with van der Waals surface area (Å²) < 4.78 is 45.4. The van der Waals surface area contributed by atoms with Gasteiger partial charge in [-0.1, -0.05) is 29.8 Å². The van der Waals surface area contributed by atoms with Crippen LogP contribution in [0.4, 0.5) is 13.2 Å². The first-order chi connectivity index (χ1) is 12.2. The molecule has 1 aliphatic heterocycles. The molecule has 138 valence electrons. The van der Waals surface area contributed by atoms with Crippen molar-refractivity contribution in [2.75, 3.05) is 6.26 Å². The molecule has 1 heterocycles. The van der Waals surface area contributed by atoms with Gasteiger partial charge in [0.2, 0.25) is 6.10 Å². The highest BCUT2D eigenvalue weighted by Crippen LogP contribution is 2.46. The van der Waals surface area contributed by atoms with Gasteiger partial charge < -0.3 is 9.84 Å². The molecule has 0 fully saturated rings. The Morgan fingerprint density at radius 1 is 1.27 bits per heavy atom. The van der Waals surface area contributed by atoms with Crippen LogP contribution in [0.25, 0.3) is 11.1 Å². The molecule has 1 aliphatic rings. The number of benzene rings is 2. The van der Waals surface area contributed by atoms with Gasteiger partial charge >= 0.3 is 12.1 Å². The summed E-state index contributed by atoms with van der Waals surface area (Å²) in [6.07, 6.45) is -5.65. The van der Waals surface area contributed by atoms with Crippen LogP contribution in [-0.2, 0) is 11.2 Å². The van der Waals surface area contributed by atoms with Crippen molar-refractivity contribution in [3.8, 4) is 16.9 Å². The van der Waals surface area contributed by atoms with E-state index < -0.39 is 24.2 Å². The second kappa shape index (κ2) is 7.04. The molecule has 0 radical (unpaired) electrons. The van der Waals surface area contributed by atoms with Crippen molar-refractivity contribution >= 4 is 29.3 Å². The van der Waals surface area contributed by atoms with Gasteiger partial charge in [0, 0.05) is 15.5 Å². The average molecular weight is 403 g/mol. The summed E-state index contributed by atoms with van der Waals surface area (Å²) in [5, 5.41) is 9.53. The zero-order valence-electron chi connectivity index (χ0n) is 13.5. The molecule has 0 saturated heterocycles. The van der Waals surface area contributed by atoms with Crippen molar-refractivity contribution in [1.82, 2.24) is 0 Å². The predicted molar refractivity (Wildman–Crippen MR) is 94.0 cm³/mol. The van der Waals surface area contributed by atoms with Gasteiger partial charge in [0.25, 0.3) is 0 Å². The van der Waals surface area contributed by atoms with Crippen LogP contribution < -0.4 is 4.74 Å². The third-order valence-electron chi connectivity index (χ3n) is 4.22. The fourth-order valence-corrected chi connectivity index (χ4v) is 3.93. The van der Waals surface area contributed by atoms with Crippen molar-refractivity contribution in [3.63, 3.8) is 0 Å². The van der Waals surface area contributed by atoms with E-state index in [1.54, 1.807) is 18.2 Å². The van der Waals surface area contributed by atoms with E-state index in [0.717, 1.165) is 4.90 Å². The summed E-state index contributed by atoms with van der Waals surface area (Å²) in [6, 6.07) is 10.2. The van der Waals surface area contributed by atoms with E-state index in [4.69, 9.17) is 16.3 Å². The number of carboxylic acid groups (broad SMARTS) is 1.